The summed E-state index contributed by atoms with van der Waals surface area (Å²) in [7, 11) is 0. The van der Waals surface area contributed by atoms with Gasteiger partial charge in [0.05, 0.1) is 6.61 Å². The predicted molar refractivity (Wildman–Crippen MR) is 83.5 cm³/mol. The lowest BCUT2D eigenvalue weighted by atomic mass is 9.86. The molecule has 2 aromatic rings. The molecular weight excluding hydrogens is 276 g/mol. The molecule has 2 atom stereocenters. The summed E-state index contributed by atoms with van der Waals surface area (Å²) < 4.78 is 5.90. The maximum absolute atomic E-state index is 5.90. The Hall–Kier alpha value is -1.72. The van der Waals surface area contributed by atoms with Gasteiger partial charge in [0.25, 0.3) is 0 Å². The zero-order valence-electron chi connectivity index (χ0n) is 13.0. The standard InChI is InChI=1S/C17H22N4O/c1-12-18-17(20-19-12)16-11-21(9-10-22-16)15-8-4-6-13-5-2-3-7-14(13)15/h2-3,5,7,15-16H,4,6,8-11H2,1H3,(H,18,19,20)/t15-,16-/m1/s1. The fourth-order valence-electron chi connectivity index (χ4n) is 3.72. The summed E-state index contributed by atoms with van der Waals surface area (Å²) >= 11 is 0. The molecule has 22 heavy (non-hydrogen) atoms. The van der Waals surface area contributed by atoms with E-state index in [0.29, 0.717) is 6.04 Å². The van der Waals surface area contributed by atoms with Crippen LogP contribution < -0.4 is 0 Å². The number of rotatable bonds is 2. The Kier molecular flexibility index (Phi) is 3.68. The van der Waals surface area contributed by atoms with Crippen LogP contribution in [0, 0.1) is 6.92 Å². The number of hydrogen-bond donors (Lipinski definition) is 1. The number of ether oxygens (including phenoxy) is 1. The van der Waals surface area contributed by atoms with Crippen LogP contribution in [-0.2, 0) is 11.2 Å². The minimum atomic E-state index is -0.0206. The lowest BCUT2D eigenvalue weighted by Crippen LogP contribution is -2.42. The quantitative estimate of drug-likeness (QED) is 0.926. The van der Waals surface area contributed by atoms with Crippen molar-refractivity contribution in [1.29, 1.82) is 0 Å². The van der Waals surface area contributed by atoms with Crippen molar-refractivity contribution < 1.29 is 4.74 Å². The van der Waals surface area contributed by atoms with E-state index in [1.807, 2.05) is 6.92 Å². The first-order valence-electron chi connectivity index (χ1n) is 8.13. The molecule has 0 saturated carbocycles. The number of benzene rings is 1. The van der Waals surface area contributed by atoms with E-state index < -0.39 is 0 Å². The molecular formula is C17H22N4O. The molecule has 0 spiro atoms. The van der Waals surface area contributed by atoms with Gasteiger partial charge in [-0.25, -0.2) is 4.98 Å². The SMILES string of the molecule is Cc1nc([C@H]2CN([C@@H]3CCCc4ccccc43)CCO2)n[nH]1. The van der Waals surface area contributed by atoms with Crippen molar-refractivity contribution in [1.82, 2.24) is 20.1 Å². The van der Waals surface area contributed by atoms with Gasteiger partial charge in [0.1, 0.15) is 11.9 Å². The van der Waals surface area contributed by atoms with Crippen LogP contribution >= 0.6 is 0 Å². The second kappa shape index (κ2) is 5.82. The number of nitrogens with zero attached hydrogens (tertiary/aromatic N) is 3. The molecule has 1 aromatic carbocycles. The van der Waals surface area contributed by atoms with Crippen LogP contribution in [-0.4, -0.2) is 39.8 Å². The molecule has 2 heterocycles. The second-order valence-electron chi connectivity index (χ2n) is 6.24. The van der Waals surface area contributed by atoms with Crippen LogP contribution in [0.1, 0.15) is 47.8 Å². The van der Waals surface area contributed by atoms with Crippen LogP contribution in [0.15, 0.2) is 24.3 Å². The zero-order chi connectivity index (χ0) is 14.9. The van der Waals surface area contributed by atoms with E-state index in [1.54, 1.807) is 0 Å². The molecule has 1 saturated heterocycles. The Labute approximate surface area is 130 Å². The number of H-pyrrole nitrogens is 1. The van der Waals surface area contributed by atoms with Crippen molar-refractivity contribution >= 4 is 0 Å². The summed E-state index contributed by atoms with van der Waals surface area (Å²) in [5, 5.41) is 7.19. The first-order valence-corrected chi connectivity index (χ1v) is 8.13. The highest BCUT2D eigenvalue weighted by Crippen LogP contribution is 2.36. The predicted octanol–water partition coefficient (Wildman–Crippen LogP) is 2.56. The summed E-state index contributed by atoms with van der Waals surface area (Å²) in [6, 6.07) is 9.39. The molecule has 1 N–H and O–H groups in total. The molecule has 0 amide bonds. The summed E-state index contributed by atoms with van der Waals surface area (Å²) in [6.45, 7) is 4.53. The number of aryl methyl sites for hydroxylation is 2. The topological polar surface area (TPSA) is 54.0 Å². The third kappa shape index (κ3) is 2.55. The molecule has 5 nitrogen and oxygen atoms in total. The number of aromatic nitrogens is 3. The van der Waals surface area contributed by atoms with Crippen LogP contribution in [0.25, 0.3) is 0 Å². The molecule has 2 aliphatic rings. The average molecular weight is 298 g/mol. The molecule has 116 valence electrons. The van der Waals surface area contributed by atoms with E-state index in [-0.39, 0.29) is 6.10 Å². The number of morpholine rings is 1. The Balaban J connectivity index is 1.56. The second-order valence-corrected chi connectivity index (χ2v) is 6.24. The fraction of sp³-hybridized carbons (Fsp3) is 0.529. The Morgan fingerprint density at radius 1 is 1.32 bits per heavy atom. The van der Waals surface area contributed by atoms with Crippen LogP contribution in [0.3, 0.4) is 0 Å². The fourth-order valence-corrected chi connectivity index (χ4v) is 3.72. The van der Waals surface area contributed by atoms with Crippen molar-refractivity contribution in [3.05, 3.63) is 47.0 Å². The molecule has 1 aliphatic carbocycles. The third-order valence-electron chi connectivity index (χ3n) is 4.78. The summed E-state index contributed by atoms with van der Waals surface area (Å²) in [5.41, 5.74) is 3.01. The molecule has 5 heteroatoms. The van der Waals surface area contributed by atoms with E-state index >= 15 is 0 Å². The normalized spacial score (nSPS) is 25.9. The van der Waals surface area contributed by atoms with Crippen LogP contribution in [0.4, 0.5) is 0 Å². The summed E-state index contributed by atoms with van der Waals surface area (Å²) in [6.07, 6.45) is 3.69. The number of nitrogens with one attached hydrogen (secondary N) is 1. The van der Waals surface area contributed by atoms with Crippen molar-refractivity contribution in [3.63, 3.8) is 0 Å². The maximum atomic E-state index is 5.90. The third-order valence-corrected chi connectivity index (χ3v) is 4.78. The van der Waals surface area contributed by atoms with Gasteiger partial charge in [-0.3, -0.25) is 10.00 Å². The van der Waals surface area contributed by atoms with Crippen molar-refractivity contribution in [3.8, 4) is 0 Å². The highest BCUT2D eigenvalue weighted by Gasteiger charge is 2.32. The van der Waals surface area contributed by atoms with E-state index in [1.165, 1.54) is 30.4 Å². The number of hydrogen-bond acceptors (Lipinski definition) is 4. The van der Waals surface area contributed by atoms with E-state index in [9.17, 15) is 0 Å². The van der Waals surface area contributed by atoms with Gasteiger partial charge >= 0.3 is 0 Å². The lowest BCUT2D eigenvalue weighted by molar-refractivity contribution is -0.0516. The van der Waals surface area contributed by atoms with Gasteiger partial charge in [-0.15, -0.1) is 0 Å². The maximum Gasteiger partial charge on any atom is 0.180 e. The first-order chi connectivity index (χ1) is 10.8. The molecule has 4 rings (SSSR count). The highest BCUT2D eigenvalue weighted by atomic mass is 16.5. The van der Waals surface area contributed by atoms with Gasteiger partial charge in [0.15, 0.2) is 5.82 Å². The largest absolute Gasteiger partial charge is 0.367 e. The number of aromatic amines is 1. The van der Waals surface area contributed by atoms with E-state index in [2.05, 4.69) is 44.3 Å². The van der Waals surface area contributed by atoms with E-state index in [0.717, 1.165) is 31.3 Å². The summed E-state index contributed by atoms with van der Waals surface area (Å²) in [5.74, 6) is 1.63. The van der Waals surface area contributed by atoms with Crippen molar-refractivity contribution in [2.24, 2.45) is 0 Å². The van der Waals surface area contributed by atoms with Gasteiger partial charge in [-0.1, -0.05) is 24.3 Å². The molecule has 0 unspecified atom stereocenters. The Morgan fingerprint density at radius 3 is 3.09 bits per heavy atom. The smallest absolute Gasteiger partial charge is 0.180 e. The molecule has 1 aliphatic heterocycles. The van der Waals surface area contributed by atoms with Gasteiger partial charge in [0, 0.05) is 19.1 Å². The van der Waals surface area contributed by atoms with Gasteiger partial charge in [-0.2, -0.15) is 5.10 Å². The minimum Gasteiger partial charge on any atom is -0.367 e. The monoisotopic (exact) mass is 298 g/mol. The van der Waals surface area contributed by atoms with Crippen molar-refractivity contribution in [2.45, 2.75) is 38.3 Å². The molecule has 1 fully saturated rings. The molecule has 1 aromatic heterocycles. The van der Waals surface area contributed by atoms with Gasteiger partial charge < -0.3 is 4.74 Å². The number of fused-ring (bicyclic) bond motifs is 1. The average Bonchev–Trinajstić information content (AvgIpc) is 3.01. The Bertz CT molecular complexity index is 654. The van der Waals surface area contributed by atoms with Gasteiger partial charge in [-0.05, 0) is 37.3 Å². The van der Waals surface area contributed by atoms with Crippen LogP contribution in [0.2, 0.25) is 0 Å². The highest BCUT2D eigenvalue weighted by molar-refractivity contribution is 5.32. The lowest BCUT2D eigenvalue weighted by Gasteiger charge is -2.40. The first kappa shape index (κ1) is 13.9. The van der Waals surface area contributed by atoms with E-state index in [4.69, 9.17) is 4.74 Å². The summed E-state index contributed by atoms with van der Waals surface area (Å²) in [4.78, 5) is 6.99. The minimum absolute atomic E-state index is 0.0206. The van der Waals surface area contributed by atoms with Crippen molar-refractivity contribution in [2.75, 3.05) is 19.7 Å². The molecule has 0 bridgehead atoms. The van der Waals surface area contributed by atoms with Gasteiger partial charge in [0.2, 0.25) is 0 Å². The zero-order valence-corrected chi connectivity index (χ0v) is 13.0. The van der Waals surface area contributed by atoms with Crippen LogP contribution in [0.5, 0.6) is 0 Å². The Morgan fingerprint density at radius 2 is 2.23 bits per heavy atom. The molecule has 0 radical (unpaired) electrons.